The van der Waals surface area contributed by atoms with Gasteiger partial charge in [0.15, 0.2) is 5.65 Å². The van der Waals surface area contributed by atoms with Gasteiger partial charge < -0.3 is 14.8 Å². The van der Waals surface area contributed by atoms with Crippen LogP contribution in [0.1, 0.15) is 13.8 Å². The minimum atomic E-state index is 0.455. The number of nitrogens with zero attached hydrogens (tertiary/aromatic N) is 3. The second-order valence-corrected chi connectivity index (χ2v) is 3.56. The number of H-pyrrole nitrogens is 1. The van der Waals surface area contributed by atoms with Gasteiger partial charge >= 0.3 is 0 Å². The van der Waals surface area contributed by atoms with Gasteiger partial charge in [0, 0.05) is 13.2 Å². The fourth-order valence-corrected chi connectivity index (χ4v) is 1.50. The molecule has 2 N–H and O–H groups in total. The Bertz CT molecular complexity index is 499. The Hall–Kier alpha value is -1.89. The average molecular weight is 251 g/mol. The summed E-state index contributed by atoms with van der Waals surface area (Å²) in [7, 11) is 0. The van der Waals surface area contributed by atoms with Gasteiger partial charge in [-0.05, 0) is 13.8 Å². The van der Waals surface area contributed by atoms with E-state index in [0.29, 0.717) is 37.3 Å². The Morgan fingerprint density at radius 1 is 1.28 bits per heavy atom. The highest BCUT2D eigenvalue weighted by molar-refractivity contribution is 5.80. The van der Waals surface area contributed by atoms with E-state index < -0.39 is 0 Å². The van der Waals surface area contributed by atoms with Crippen molar-refractivity contribution in [2.75, 3.05) is 31.7 Å². The highest BCUT2D eigenvalue weighted by Crippen LogP contribution is 2.21. The SMILES string of the molecule is CCNc1nc(OCCOCC)c2cn[nH]c2n1. The Morgan fingerprint density at radius 2 is 2.17 bits per heavy atom. The molecule has 0 unspecified atom stereocenters. The molecule has 0 aliphatic rings. The summed E-state index contributed by atoms with van der Waals surface area (Å²) in [5, 5.41) is 10.6. The van der Waals surface area contributed by atoms with Gasteiger partial charge in [0.25, 0.3) is 0 Å². The van der Waals surface area contributed by atoms with Crippen LogP contribution in [0, 0.1) is 0 Å². The van der Waals surface area contributed by atoms with Crippen molar-refractivity contribution >= 4 is 17.0 Å². The van der Waals surface area contributed by atoms with Crippen LogP contribution in [0.3, 0.4) is 0 Å². The lowest BCUT2D eigenvalue weighted by Gasteiger charge is -2.08. The average Bonchev–Trinajstić information content (AvgIpc) is 2.83. The monoisotopic (exact) mass is 251 g/mol. The van der Waals surface area contributed by atoms with Crippen LogP contribution in [-0.2, 0) is 4.74 Å². The quantitative estimate of drug-likeness (QED) is 0.719. The molecule has 0 radical (unpaired) electrons. The van der Waals surface area contributed by atoms with Crippen LogP contribution in [0.5, 0.6) is 5.88 Å². The van der Waals surface area contributed by atoms with E-state index in [2.05, 4.69) is 25.5 Å². The summed E-state index contributed by atoms with van der Waals surface area (Å²) in [6.07, 6.45) is 1.65. The third-order valence-corrected chi connectivity index (χ3v) is 2.28. The van der Waals surface area contributed by atoms with Gasteiger partial charge in [0.2, 0.25) is 11.8 Å². The molecule has 0 aromatic carbocycles. The van der Waals surface area contributed by atoms with Crippen LogP contribution in [0.2, 0.25) is 0 Å². The van der Waals surface area contributed by atoms with E-state index in [0.717, 1.165) is 11.9 Å². The molecule has 98 valence electrons. The maximum Gasteiger partial charge on any atom is 0.229 e. The molecule has 18 heavy (non-hydrogen) atoms. The first-order valence-corrected chi connectivity index (χ1v) is 6.00. The lowest BCUT2D eigenvalue weighted by molar-refractivity contribution is 0.109. The summed E-state index contributed by atoms with van der Waals surface area (Å²) in [5.74, 6) is 1.05. The number of anilines is 1. The van der Waals surface area contributed by atoms with E-state index in [1.165, 1.54) is 0 Å². The molecule has 7 heteroatoms. The van der Waals surface area contributed by atoms with E-state index in [1.807, 2.05) is 13.8 Å². The molecule has 0 spiro atoms. The van der Waals surface area contributed by atoms with Crippen LogP contribution in [0.25, 0.3) is 11.0 Å². The smallest absolute Gasteiger partial charge is 0.229 e. The van der Waals surface area contributed by atoms with Crippen molar-refractivity contribution < 1.29 is 9.47 Å². The van der Waals surface area contributed by atoms with E-state index in [-0.39, 0.29) is 0 Å². The van der Waals surface area contributed by atoms with Crippen molar-refractivity contribution in [3.05, 3.63) is 6.20 Å². The molecule has 0 atom stereocenters. The number of aromatic nitrogens is 4. The summed E-state index contributed by atoms with van der Waals surface area (Å²) in [5.41, 5.74) is 0.660. The largest absolute Gasteiger partial charge is 0.475 e. The molecular weight excluding hydrogens is 234 g/mol. The van der Waals surface area contributed by atoms with Crippen LogP contribution in [0.4, 0.5) is 5.95 Å². The first-order valence-electron chi connectivity index (χ1n) is 6.00. The summed E-state index contributed by atoms with van der Waals surface area (Å²) in [6, 6.07) is 0. The minimum absolute atomic E-state index is 0.455. The molecule has 2 rings (SSSR count). The number of rotatable bonds is 7. The molecule has 0 saturated carbocycles. The summed E-state index contributed by atoms with van der Waals surface area (Å²) >= 11 is 0. The van der Waals surface area contributed by atoms with Gasteiger partial charge in [-0.15, -0.1) is 0 Å². The molecule has 2 aromatic rings. The fraction of sp³-hybridized carbons (Fsp3) is 0.545. The minimum Gasteiger partial charge on any atom is -0.475 e. The highest BCUT2D eigenvalue weighted by atomic mass is 16.5. The van der Waals surface area contributed by atoms with Gasteiger partial charge in [-0.1, -0.05) is 0 Å². The maximum absolute atomic E-state index is 5.59. The van der Waals surface area contributed by atoms with Crippen LogP contribution in [0.15, 0.2) is 6.20 Å². The van der Waals surface area contributed by atoms with Crippen molar-refractivity contribution in [3.8, 4) is 5.88 Å². The number of aromatic amines is 1. The zero-order valence-electron chi connectivity index (χ0n) is 10.6. The number of ether oxygens (including phenoxy) is 2. The van der Waals surface area contributed by atoms with Crippen molar-refractivity contribution in [2.45, 2.75) is 13.8 Å². The fourth-order valence-electron chi connectivity index (χ4n) is 1.50. The predicted molar refractivity (Wildman–Crippen MR) is 67.8 cm³/mol. The molecule has 0 aliphatic carbocycles. The van der Waals surface area contributed by atoms with Crippen molar-refractivity contribution in [2.24, 2.45) is 0 Å². The Balaban J connectivity index is 2.15. The van der Waals surface area contributed by atoms with E-state index in [9.17, 15) is 0 Å². The molecule has 0 bridgehead atoms. The summed E-state index contributed by atoms with van der Waals surface area (Å²) in [4.78, 5) is 8.58. The molecule has 0 fully saturated rings. The predicted octanol–water partition coefficient (Wildman–Crippen LogP) is 1.20. The Kier molecular flexibility index (Phi) is 4.30. The lowest BCUT2D eigenvalue weighted by atomic mass is 10.4. The van der Waals surface area contributed by atoms with Crippen LogP contribution >= 0.6 is 0 Å². The molecule has 0 amide bonds. The van der Waals surface area contributed by atoms with Gasteiger partial charge in [-0.3, -0.25) is 5.10 Å². The van der Waals surface area contributed by atoms with E-state index >= 15 is 0 Å². The second kappa shape index (κ2) is 6.15. The normalized spacial score (nSPS) is 10.8. The van der Waals surface area contributed by atoms with Crippen LogP contribution in [-0.4, -0.2) is 46.5 Å². The summed E-state index contributed by atoms with van der Waals surface area (Å²) < 4.78 is 10.8. The first-order chi connectivity index (χ1) is 8.85. The van der Waals surface area contributed by atoms with Gasteiger partial charge in [0.05, 0.1) is 12.8 Å². The molecule has 2 aromatic heterocycles. The number of fused-ring (bicyclic) bond motifs is 1. The zero-order chi connectivity index (χ0) is 12.8. The lowest BCUT2D eigenvalue weighted by Crippen LogP contribution is -2.09. The number of hydrogen-bond donors (Lipinski definition) is 2. The topological polar surface area (TPSA) is 85.0 Å². The van der Waals surface area contributed by atoms with Gasteiger partial charge in [-0.2, -0.15) is 15.1 Å². The molecule has 0 saturated heterocycles. The first kappa shape index (κ1) is 12.6. The summed E-state index contributed by atoms with van der Waals surface area (Å²) in [6.45, 7) is 6.35. The molecule has 7 nitrogen and oxygen atoms in total. The maximum atomic E-state index is 5.59. The molecule has 0 aliphatic heterocycles. The molecule has 2 heterocycles. The zero-order valence-corrected chi connectivity index (χ0v) is 10.6. The standard InChI is InChI=1S/C11H17N5O2/c1-3-12-11-14-9-8(7-13-16-9)10(15-11)18-6-5-17-4-2/h7H,3-6H2,1-2H3,(H2,12,13,14,15,16). The third-order valence-electron chi connectivity index (χ3n) is 2.28. The number of nitrogens with one attached hydrogen (secondary N) is 2. The van der Waals surface area contributed by atoms with Crippen molar-refractivity contribution in [3.63, 3.8) is 0 Å². The second-order valence-electron chi connectivity index (χ2n) is 3.56. The Morgan fingerprint density at radius 3 is 2.94 bits per heavy atom. The van der Waals surface area contributed by atoms with Gasteiger partial charge in [-0.25, -0.2) is 0 Å². The number of hydrogen-bond acceptors (Lipinski definition) is 6. The third kappa shape index (κ3) is 2.86. The van der Waals surface area contributed by atoms with E-state index in [1.54, 1.807) is 6.20 Å². The van der Waals surface area contributed by atoms with Crippen LogP contribution < -0.4 is 10.1 Å². The van der Waals surface area contributed by atoms with E-state index in [4.69, 9.17) is 9.47 Å². The van der Waals surface area contributed by atoms with Crippen molar-refractivity contribution in [1.29, 1.82) is 0 Å². The Labute approximate surface area is 105 Å². The van der Waals surface area contributed by atoms with Gasteiger partial charge in [0.1, 0.15) is 12.0 Å². The molecular formula is C11H17N5O2. The van der Waals surface area contributed by atoms with Crippen molar-refractivity contribution in [1.82, 2.24) is 20.2 Å². The highest BCUT2D eigenvalue weighted by Gasteiger charge is 2.10.